The molecule has 0 amide bonds. The maximum atomic E-state index is 4.53. The topological polar surface area (TPSA) is 55.6 Å². The van der Waals surface area contributed by atoms with E-state index in [1.54, 1.807) is 6.20 Å². The van der Waals surface area contributed by atoms with Crippen molar-refractivity contribution in [3.05, 3.63) is 23.1 Å². The van der Waals surface area contributed by atoms with Crippen molar-refractivity contribution in [3.8, 4) is 11.4 Å². The van der Waals surface area contributed by atoms with Gasteiger partial charge in [-0.05, 0) is 28.8 Å². The Labute approximate surface area is 121 Å². The van der Waals surface area contributed by atoms with Crippen LogP contribution in [0.2, 0.25) is 0 Å². The van der Waals surface area contributed by atoms with Gasteiger partial charge in [0.25, 0.3) is 0 Å². The third-order valence-electron chi connectivity index (χ3n) is 2.63. The zero-order valence-corrected chi connectivity index (χ0v) is 12.8. The summed E-state index contributed by atoms with van der Waals surface area (Å²) in [6.07, 6.45) is 7.68. The van der Waals surface area contributed by atoms with Crippen molar-refractivity contribution in [1.29, 1.82) is 0 Å². The Bertz CT molecular complexity index is 538. The zero-order chi connectivity index (χ0) is 13.7. The van der Waals surface area contributed by atoms with E-state index in [-0.39, 0.29) is 0 Å². The molecule has 0 saturated carbocycles. The lowest BCUT2D eigenvalue weighted by Crippen LogP contribution is -2.04. The van der Waals surface area contributed by atoms with Crippen LogP contribution in [-0.2, 0) is 6.54 Å². The van der Waals surface area contributed by atoms with Crippen LogP contribution < -0.4 is 5.32 Å². The van der Waals surface area contributed by atoms with Gasteiger partial charge in [0.1, 0.15) is 5.82 Å². The summed E-state index contributed by atoms with van der Waals surface area (Å²) in [4.78, 5) is 8.87. The summed E-state index contributed by atoms with van der Waals surface area (Å²) in [7, 11) is 0. The van der Waals surface area contributed by atoms with Gasteiger partial charge in [0.05, 0.1) is 16.2 Å². The third kappa shape index (κ3) is 3.53. The lowest BCUT2D eigenvalue weighted by molar-refractivity contribution is 0.603. The maximum Gasteiger partial charge on any atom is 0.164 e. The van der Waals surface area contributed by atoms with Crippen molar-refractivity contribution >= 4 is 21.7 Å². The number of hydrogen-bond donors (Lipinski definition) is 1. The Balaban J connectivity index is 2.23. The number of aromatic nitrogens is 4. The molecule has 0 spiro atoms. The highest BCUT2D eigenvalue weighted by Crippen LogP contribution is 2.22. The second-order valence-corrected chi connectivity index (χ2v) is 5.16. The molecule has 0 aromatic carbocycles. The van der Waals surface area contributed by atoms with E-state index < -0.39 is 0 Å². The Kier molecular flexibility index (Phi) is 4.90. The molecule has 0 unspecified atom stereocenters. The van der Waals surface area contributed by atoms with Crippen molar-refractivity contribution in [3.63, 3.8) is 0 Å². The van der Waals surface area contributed by atoms with Gasteiger partial charge in [0, 0.05) is 25.5 Å². The van der Waals surface area contributed by atoms with E-state index in [1.807, 2.05) is 17.1 Å². The van der Waals surface area contributed by atoms with E-state index in [9.17, 15) is 0 Å². The molecule has 5 nitrogen and oxygen atoms in total. The lowest BCUT2D eigenvalue weighted by Gasteiger charge is -2.07. The van der Waals surface area contributed by atoms with Crippen molar-refractivity contribution in [2.45, 2.75) is 33.2 Å². The van der Waals surface area contributed by atoms with Crippen LogP contribution in [0.15, 0.2) is 23.1 Å². The predicted octanol–water partition coefficient (Wildman–Crippen LogP) is 3.33. The molecule has 0 aliphatic heterocycles. The molecule has 0 fully saturated rings. The minimum Gasteiger partial charge on any atom is -0.369 e. The highest BCUT2D eigenvalue weighted by atomic mass is 79.9. The number of nitrogens with zero attached hydrogens (tertiary/aromatic N) is 4. The molecular formula is C13H18BrN5. The number of nitrogens with one attached hydrogen (secondary N) is 1. The SMILES string of the molecule is CCCNc1nc(-c2cnn(CCC)c2)ncc1Br. The number of rotatable bonds is 6. The lowest BCUT2D eigenvalue weighted by atomic mass is 10.3. The summed E-state index contributed by atoms with van der Waals surface area (Å²) in [5, 5.41) is 7.58. The van der Waals surface area contributed by atoms with Crippen LogP contribution in [0.25, 0.3) is 11.4 Å². The molecule has 0 radical (unpaired) electrons. The molecule has 102 valence electrons. The van der Waals surface area contributed by atoms with Crippen molar-refractivity contribution in [2.75, 3.05) is 11.9 Å². The Morgan fingerprint density at radius 2 is 2.11 bits per heavy atom. The summed E-state index contributed by atoms with van der Waals surface area (Å²) in [5.74, 6) is 1.53. The smallest absolute Gasteiger partial charge is 0.164 e. The van der Waals surface area contributed by atoms with Crippen molar-refractivity contribution in [1.82, 2.24) is 19.7 Å². The van der Waals surface area contributed by atoms with Crippen LogP contribution in [0.4, 0.5) is 5.82 Å². The van der Waals surface area contributed by atoms with Gasteiger partial charge in [-0.1, -0.05) is 13.8 Å². The van der Waals surface area contributed by atoms with Gasteiger partial charge in [0.15, 0.2) is 5.82 Å². The van der Waals surface area contributed by atoms with Crippen molar-refractivity contribution in [2.24, 2.45) is 0 Å². The predicted molar refractivity (Wildman–Crippen MR) is 80.0 cm³/mol. The van der Waals surface area contributed by atoms with Gasteiger partial charge in [-0.2, -0.15) is 5.10 Å². The van der Waals surface area contributed by atoms with Gasteiger partial charge in [-0.15, -0.1) is 0 Å². The number of anilines is 1. The molecule has 2 rings (SSSR count). The second-order valence-electron chi connectivity index (χ2n) is 4.31. The van der Waals surface area contributed by atoms with Crippen LogP contribution in [0.5, 0.6) is 0 Å². The standard InChI is InChI=1S/C13H18BrN5/c1-3-5-15-13-11(14)8-16-12(18-13)10-7-17-19(9-10)6-4-2/h7-9H,3-6H2,1-2H3,(H,15,16,18). The van der Waals surface area contributed by atoms with E-state index in [0.717, 1.165) is 41.8 Å². The molecule has 0 aliphatic rings. The average molecular weight is 324 g/mol. The van der Waals surface area contributed by atoms with E-state index in [1.165, 1.54) is 0 Å². The van der Waals surface area contributed by atoms with Crippen LogP contribution in [-0.4, -0.2) is 26.3 Å². The quantitative estimate of drug-likeness (QED) is 0.885. The van der Waals surface area contributed by atoms with Crippen LogP contribution in [0.3, 0.4) is 0 Å². The summed E-state index contributed by atoms with van der Waals surface area (Å²) in [6, 6.07) is 0. The minimum atomic E-state index is 0.698. The van der Waals surface area contributed by atoms with Crippen LogP contribution in [0.1, 0.15) is 26.7 Å². The zero-order valence-electron chi connectivity index (χ0n) is 11.2. The Morgan fingerprint density at radius 1 is 1.26 bits per heavy atom. The van der Waals surface area contributed by atoms with Crippen LogP contribution in [0, 0.1) is 0 Å². The minimum absolute atomic E-state index is 0.698. The monoisotopic (exact) mass is 323 g/mol. The summed E-state index contributed by atoms with van der Waals surface area (Å²) < 4.78 is 2.80. The van der Waals surface area contributed by atoms with Gasteiger partial charge in [-0.25, -0.2) is 9.97 Å². The van der Waals surface area contributed by atoms with Gasteiger partial charge >= 0.3 is 0 Å². The molecule has 0 saturated heterocycles. The molecule has 2 aromatic rings. The average Bonchev–Trinajstić information content (AvgIpc) is 2.87. The maximum absolute atomic E-state index is 4.53. The summed E-state index contributed by atoms with van der Waals surface area (Å²) in [5.41, 5.74) is 0.945. The van der Waals surface area contributed by atoms with E-state index in [2.05, 4.69) is 50.2 Å². The first-order chi connectivity index (χ1) is 9.24. The van der Waals surface area contributed by atoms with Crippen LogP contribution >= 0.6 is 15.9 Å². The fourth-order valence-corrected chi connectivity index (χ4v) is 2.04. The molecule has 0 aliphatic carbocycles. The third-order valence-corrected chi connectivity index (χ3v) is 3.21. The second kappa shape index (κ2) is 6.65. The van der Waals surface area contributed by atoms with E-state index in [0.29, 0.717) is 5.82 Å². The molecule has 2 aromatic heterocycles. The molecule has 6 heteroatoms. The molecule has 1 N–H and O–H groups in total. The molecule has 0 bridgehead atoms. The number of hydrogen-bond acceptors (Lipinski definition) is 4. The molecule has 19 heavy (non-hydrogen) atoms. The highest BCUT2D eigenvalue weighted by molar-refractivity contribution is 9.10. The number of halogens is 1. The molecular weight excluding hydrogens is 306 g/mol. The van der Waals surface area contributed by atoms with E-state index in [4.69, 9.17) is 0 Å². The first-order valence-corrected chi connectivity index (χ1v) is 7.33. The summed E-state index contributed by atoms with van der Waals surface area (Å²) >= 11 is 3.45. The first kappa shape index (κ1) is 14.0. The van der Waals surface area contributed by atoms with Gasteiger partial charge in [0.2, 0.25) is 0 Å². The van der Waals surface area contributed by atoms with Gasteiger partial charge < -0.3 is 5.32 Å². The van der Waals surface area contributed by atoms with Gasteiger partial charge in [-0.3, -0.25) is 4.68 Å². The first-order valence-electron chi connectivity index (χ1n) is 6.53. The Hall–Kier alpha value is -1.43. The molecule has 0 atom stereocenters. The van der Waals surface area contributed by atoms with E-state index >= 15 is 0 Å². The largest absolute Gasteiger partial charge is 0.369 e. The normalized spacial score (nSPS) is 10.7. The molecule has 2 heterocycles. The summed E-state index contributed by atoms with van der Waals surface area (Å²) in [6.45, 7) is 6.06. The number of aryl methyl sites for hydroxylation is 1. The fraction of sp³-hybridized carbons (Fsp3) is 0.462. The Morgan fingerprint density at radius 3 is 2.84 bits per heavy atom. The highest BCUT2D eigenvalue weighted by Gasteiger charge is 2.08. The fourth-order valence-electron chi connectivity index (χ4n) is 1.70. The van der Waals surface area contributed by atoms with Crippen molar-refractivity contribution < 1.29 is 0 Å².